The zero-order valence-corrected chi connectivity index (χ0v) is 15.1. The van der Waals surface area contributed by atoms with Crippen molar-refractivity contribution in [2.75, 3.05) is 12.3 Å². The van der Waals surface area contributed by atoms with Crippen LogP contribution in [0.5, 0.6) is 0 Å². The Balaban J connectivity index is 2.86. The van der Waals surface area contributed by atoms with E-state index in [2.05, 4.69) is 13.8 Å². The van der Waals surface area contributed by atoms with Crippen LogP contribution in [0.25, 0.3) is 0 Å². The Bertz CT molecular complexity index is 121. The van der Waals surface area contributed by atoms with Gasteiger partial charge in [0.05, 0.1) is 6.16 Å². The van der Waals surface area contributed by atoms with E-state index in [0.717, 1.165) is 8.27 Å². The van der Waals surface area contributed by atoms with Crippen molar-refractivity contribution in [1.82, 2.24) is 0 Å². The van der Waals surface area contributed by atoms with Crippen molar-refractivity contribution in [2.24, 2.45) is 0 Å². The standard InChI is InChI=1S/C16H36P2/c1-3-5-7-9-10-12-14-16-18-17-15-13-11-8-6-4-2/h17-18H,3-16H2,1-2H3/p+1. The van der Waals surface area contributed by atoms with Gasteiger partial charge in [0, 0.05) is 16.5 Å². The highest BCUT2D eigenvalue weighted by atomic mass is 32.0. The molecular weight excluding hydrogens is 254 g/mol. The van der Waals surface area contributed by atoms with Gasteiger partial charge in [-0.15, -0.1) is 0 Å². The number of rotatable bonds is 15. The Hall–Kier alpha value is 0.860. The minimum absolute atomic E-state index is 0.821. The van der Waals surface area contributed by atoms with Crippen molar-refractivity contribution in [1.29, 1.82) is 0 Å². The Morgan fingerprint density at radius 2 is 1.11 bits per heavy atom. The molecule has 0 spiro atoms. The molecule has 0 N–H and O–H groups in total. The third kappa shape index (κ3) is 16.9. The first kappa shape index (κ1) is 18.9. The molecule has 0 aliphatic carbocycles. The van der Waals surface area contributed by atoms with E-state index in [9.17, 15) is 0 Å². The predicted octanol–water partition coefficient (Wildman–Crippen LogP) is 6.71. The van der Waals surface area contributed by atoms with Crippen LogP contribution in [0.3, 0.4) is 0 Å². The van der Waals surface area contributed by atoms with Gasteiger partial charge in [-0.2, -0.15) is 0 Å². The second-order valence-corrected chi connectivity index (χ2v) is 9.83. The van der Waals surface area contributed by atoms with Gasteiger partial charge in [0.2, 0.25) is 0 Å². The summed E-state index contributed by atoms with van der Waals surface area (Å²) in [6.07, 6.45) is 20.8. The third-order valence-electron chi connectivity index (χ3n) is 3.52. The van der Waals surface area contributed by atoms with Crippen LogP contribution >= 0.6 is 16.5 Å². The van der Waals surface area contributed by atoms with Gasteiger partial charge in [0.25, 0.3) is 0 Å². The van der Waals surface area contributed by atoms with Crippen LogP contribution in [0.4, 0.5) is 0 Å². The highest BCUT2D eigenvalue weighted by Gasteiger charge is 1.97. The molecule has 0 heterocycles. The summed E-state index contributed by atoms with van der Waals surface area (Å²) < 4.78 is 0. The molecule has 0 aliphatic rings. The van der Waals surface area contributed by atoms with Crippen LogP contribution in [0.1, 0.15) is 90.9 Å². The van der Waals surface area contributed by atoms with Crippen molar-refractivity contribution >= 4 is 16.5 Å². The van der Waals surface area contributed by atoms with E-state index in [1.165, 1.54) is 85.3 Å². The van der Waals surface area contributed by atoms with Crippen LogP contribution in [0, 0.1) is 0 Å². The average molecular weight is 291 g/mol. The molecule has 0 aromatic carbocycles. The zero-order chi connectivity index (χ0) is 13.3. The summed E-state index contributed by atoms with van der Waals surface area (Å²) in [5.41, 5.74) is 0. The third-order valence-corrected chi connectivity index (χ3v) is 7.75. The second-order valence-electron chi connectivity index (χ2n) is 5.48. The van der Waals surface area contributed by atoms with Gasteiger partial charge in [-0.1, -0.05) is 71.6 Å². The minimum atomic E-state index is 0.821. The molecule has 2 atom stereocenters. The number of hydrogen-bond donors (Lipinski definition) is 0. The maximum atomic E-state index is 2.30. The van der Waals surface area contributed by atoms with E-state index in [-0.39, 0.29) is 0 Å². The summed E-state index contributed by atoms with van der Waals surface area (Å²) in [5.74, 6) is 0. The van der Waals surface area contributed by atoms with E-state index in [1.807, 2.05) is 0 Å². The molecule has 0 bridgehead atoms. The minimum Gasteiger partial charge on any atom is -0.0654 e. The highest BCUT2D eigenvalue weighted by Crippen LogP contribution is 2.38. The second kappa shape index (κ2) is 17.9. The first-order valence-electron chi connectivity index (χ1n) is 8.46. The lowest BCUT2D eigenvalue weighted by Gasteiger charge is -2.00. The fourth-order valence-corrected chi connectivity index (χ4v) is 6.04. The van der Waals surface area contributed by atoms with Gasteiger partial charge in [-0.05, 0) is 25.4 Å². The lowest BCUT2D eigenvalue weighted by molar-refractivity contribution is 0.603. The molecule has 2 heteroatoms. The van der Waals surface area contributed by atoms with Crippen molar-refractivity contribution in [2.45, 2.75) is 90.9 Å². The highest BCUT2D eigenvalue weighted by molar-refractivity contribution is 8.11. The lowest BCUT2D eigenvalue weighted by atomic mass is 10.1. The van der Waals surface area contributed by atoms with E-state index in [4.69, 9.17) is 0 Å². The molecule has 0 radical (unpaired) electrons. The smallest absolute Gasteiger partial charge is 0.0569 e. The molecule has 0 saturated heterocycles. The van der Waals surface area contributed by atoms with Gasteiger partial charge in [0.1, 0.15) is 0 Å². The summed E-state index contributed by atoms with van der Waals surface area (Å²) in [6, 6.07) is 0. The summed E-state index contributed by atoms with van der Waals surface area (Å²) in [6.45, 7) is 4.60. The average Bonchev–Trinajstić information content (AvgIpc) is 2.39. The molecule has 0 aliphatic heterocycles. The molecule has 0 aromatic rings. The summed E-state index contributed by atoms with van der Waals surface area (Å²) in [7, 11) is 2.16. The first-order valence-corrected chi connectivity index (χ1v) is 12.3. The molecule has 18 heavy (non-hydrogen) atoms. The molecule has 0 nitrogen and oxygen atoms in total. The quantitative estimate of drug-likeness (QED) is 0.232. The Kier molecular flexibility index (Phi) is 18.7. The summed E-state index contributed by atoms with van der Waals surface area (Å²) in [4.78, 5) is 0. The number of hydrogen-bond acceptors (Lipinski definition) is 0. The van der Waals surface area contributed by atoms with E-state index in [0.29, 0.717) is 0 Å². The van der Waals surface area contributed by atoms with Crippen LogP contribution in [-0.4, -0.2) is 12.3 Å². The first-order chi connectivity index (χ1) is 8.91. The van der Waals surface area contributed by atoms with Crippen molar-refractivity contribution < 1.29 is 0 Å². The normalized spacial score (nSPS) is 12.3. The van der Waals surface area contributed by atoms with Gasteiger partial charge < -0.3 is 0 Å². The van der Waals surface area contributed by atoms with Crippen molar-refractivity contribution in [3.05, 3.63) is 0 Å². The fraction of sp³-hybridized carbons (Fsp3) is 1.00. The molecule has 0 amide bonds. The molecule has 0 rings (SSSR count). The Morgan fingerprint density at radius 3 is 1.72 bits per heavy atom. The van der Waals surface area contributed by atoms with Crippen LogP contribution in [0.2, 0.25) is 0 Å². The molecular formula is C16H37P2+. The molecule has 110 valence electrons. The van der Waals surface area contributed by atoms with E-state index >= 15 is 0 Å². The van der Waals surface area contributed by atoms with Gasteiger partial charge >= 0.3 is 0 Å². The fourth-order valence-electron chi connectivity index (χ4n) is 2.24. The van der Waals surface area contributed by atoms with Gasteiger partial charge in [0.15, 0.2) is 0 Å². The predicted molar refractivity (Wildman–Crippen MR) is 94.5 cm³/mol. The topological polar surface area (TPSA) is 0 Å². The van der Waals surface area contributed by atoms with Crippen LogP contribution in [0.15, 0.2) is 0 Å². The molecule has 2 unspecified atom stereocenters. The molecule has 0 saturated carbocycles. The monoisotopic (exact) mass is 291 g/mol. The molecule has 0 aromatic heterocycles. The van der Waals surface area contributed by atoms with Gasteiger partial charge in [-0.25, -0.2) is 0 Å². The Morgan fingerprint density at radius 1 is 0.611 bits per heavy atom. The van der Waals surface area contributed by atoms with Crippen LogP contribution < -0.4 is 0 Å². The van der Waals surface area contributed by atoms with E-state index in [1.54, 1.807) is 12.3 Å². The molecule has 0 fully saturated rings. The zero-order valence-electron chi connectivity index (χ0n) is 13.0. The van der Waals surface area contributed by atoms with E-state index < -0.39 is 0 Å². The van der Waals surface area contributed by atoms with Crippen molar-refractivity contribution in [3.63, 3.8) is 0 Å². The van der Waals surface area contributed by atoms with Gasteiger partial charge in [-0.3, -0.25) is 0 Å². The lowest BCUT2D eigenvalue weighted by Crippen LogP contribution is -1.81. The number of unbranched alkanes of at least 4 members (excludes halogenated alkanes) is 10. The maximum Gasteiger partial charge on any atom is 0.0569 e. The maximum absolute atomic E-state index is 2.30. The largest absolute Gasteiger partial charge is 0.0654 e. The van der Waals surface area contributed by atoms with Crippen LogP contribution in [-0.2, 0) is 0 Å². The summed E-state index contributed by atoms with van der Waals surface area (Å²) >= 11 is 0. The summed E-state index contributed by atoms with van der Waals surface area (Å²) in [5, 5.41) is 0. The van der Waals surface area contributed by atoms with Crippen molar-refractivity contribution in [3.8, 4) is 0 Å². The Labute approximate surface area is 120 Å². The SMILES string of the molecule is CCCCCCCCCP[PH2+]CCCCCCC.